The molecule has 1 saturated heterocycles. The van der Waals surface area contributed by atoms with Gasteiger partial charge in [-0.05, 0) is 36.7 Å². The fourth-order valence-electron chi connectivity index (χ4n) is 4.35. The summed E-state index contributed by atoms with van der Waals surface area (Å²) in [6.07, 6.45) is 5.91. The van der Waals surface area contributed by atoms with Crippen LogP contribution in [0.15, 0.2) is 41.7 Å². The quantitative estimate of drug-likeness (QED) is 0.551. The number of aromatic nitrogens is 2. The van der Waals surface area contributed by atoms with Gasteiger partial charge in [0, 0.05) is 19.1 Å². The lowest BCUT2D eigenvalue weighted by Gasteiger charge is -2.27. The fraction of sp³-hybridized carbons (Fsp3) is 0.600. The van der Waals surface area contributed by atoms with Crippen molar-refractivity contribution in [2.45, 2.75) is 89.0 Å². The van der Waals surface area contributed by atoms with Gasteiger partial charge in [-0.2, -0.15) is 0 Å². The van der Waals surface area contributed by atoms with Gasteiger partial charge in [-0.1, -0.05) is 51.1 Å². The van der Waals surface area contributed by atoms with Gasteiger partial charge in [-0.25, -0.2) is 13.4 Å². The SMILES string of the molecule is CC(C)(C)CC(=O)N(Cc1cnc(S(=O)(=O)Cc2ccccc2)n1CC1CCCO1)C1CC1. The van der Waals surface area contributed by atoms with Crippen molar-refractivity contribution in [1.82, 2.24) is 14.5 Å². The normalized spacial score (nSPS) is 19.1. The second-order valence-electron chi connectivity index (χ2n) is 10.5. The molecule has 0 N–H and O–H groups in total. The Morgan fingerprint density at radius 2 is 1.91 bits per heavy atom. The Bertz CT molecular complexity index is 1060. The van der Waals surface area contributed by atoms with Crippen LogP contribution in [0.25, 0.3) is 0 Å². The van der Waals surface area contributed by atoms with Crippen LogP contribution in [0.4, 0.5) is 0 Å². The van der Waals surface area contributed by atoms with E-state index in [4.69, 9.17) is 4.74 Å². The molecule has 1 aromatic carbocycles. The molecule has 2 fully saturated rings. The molecular formula is C25H35N3O4S. The summed E-state index contributed by atoms with van der Waals surface area (Å²) in [7, 11) is -3.66. The third-order valence-corrected chi connectivity index (χ3v) is 7.71. The van der Waals surface area contributed by atoms with E-state index in [1.165, 1.54) is 0 Å². The number of nitrogens with zero attached hydrogens (tertiary/aromatic N) is 3. The largest absolute Gasteiger partial charge is 0.376 e. The number of benzene rings is 1. The number of hydrogen-bond acceptors (Lipinski definition) is 5. The number of amides is 1. The van der Waals surface area contributed by atoms with Gasteiger partial charge in [0.2, 0.25) is 20.9 Å². The van der Waals surface area contributed by atoms with Gasteiger partial charge in [0.05, 0.1) is 36.8 Å². The van der Waals surface area contributed by atoms with Crippen LogP contribution in [-0.4, -0.2) is 47.5 Å². The van der Waals surface area contributed by atoms with Crippen LogP contribution >= 0.6 is 0 Å². The Balaban J connectivity index is 1.63. The number of imidazole rings is 1. The highest BCUT2D eigenvalue weighted by Gasteiger charge is 2.36. The zero-order valence-electron chi connectivity index (χ0n) is 19.9. The number of carbonyl (C=O) groups excluding carboxylic acids is 1. The Morgan fingerprint density at radius 3 is 2.52 bits per heavy atom. The second kappa shape index (κ2) is 9.58. The van der Waals surface area contributed by atoms with Crippen molar-refractivity contribution in [3.8, 4) is 0 Å². The van der Waals surface area contributed by atoms with Crippen LogP contribution in [0.2, 0.25) is 0 Å². The van der Waals surface area contributed by atoms with Crippen LogP contribution in [-0.2, 0) is 38.2 Å². The predicted octanol–water partition coefficient (Wildman–Crippen LogP) is 3.96. The molecule has 1 aliphatic carbocycles. The van der Waals surface area contributed by atoms with Crippen molar-refractivity contribution in [3.05, 3.63) is 47.8 Å². The van der Waals surface area contributed by atoms with E-state index in [9.17, 15) is 13.2 Å². The minimum Gasteiger partial charge on any atom is -0.376 e. The fourth-order valence-corrected chi connectivity index (χ4v) is 5.85. The molecule has 1 atom stereocenters. The van der Waals surface area contributed by atoms with Gasteiger partial charge in [-0.15, -0.1) is 0 Å². The molecule has 7 nitrogen and oxygen atoms in total. The van der Waals surface area contributed by atoms with Crippen LogP contribution in [0.1, 0.15) is 64.1 Å². The third kappa shape index (κ3) is 6.23. The molecule has 33 heavy (non-hydrogen) atoms. The first kappa shape index (κ1) is 24.0. The lowest BCUT2D eigenvalue weighted by atomic mass is 9.91. The third-order valence-electron chi connectivity index (χ3n) is 6.11. The van der Waals surface area contributed by atoms with E-state index in [-0.39, 0.29) is 34.4 Å². The number of sulfone groups is 1. The highest BCUT2D eigenvalue weighted by molar-refractivity contribution is 7.90. The number of ether oxygens (including phenoxy) is 1. The molecule has 1 amide bonds. The molecule has 0 radical (unpaired) electrons. The van der Waals surface area contributed by atoms with E-state index in [1.807, 2.05) is 35.2 Å². The van der Waals surface area contributed by atoms with E-state index in [1.54, 1.807) is 10.8 Å². The van der Waals surface area contributed by atoms with E-state index < -0.39 is 9.84 Å². The minimum absolute atomic E-state index is 0.0386. The van der Waals surface area contributed by atoms with Crippen molar-refractivity contribution in [2.24, 2.45) is 5.41 Å². The molecule has 0 bridgehead atoms. The Labute approximate surface area is 197 Å². The van der Waals surface area contributed by atoms with E-state index in [0.29, 0.717) is 26.1 Å². The highest BCUT2D eigenvalue weighted by Crippen LogP contribution is 2.32. The zero-order valence-corrected chi connectivity index (χ0v) is 20.7. The summed E-state index contributed by atoms with van der Waals surface area (Å²) in [4.78, 5) is 19.4. The summed E-state index contributed by atoms with van der Waals surface area (Å²) < 4.78 is 34.3. The predicted molar refractivity (Wildman–Crippen MR) is 126 cm³/mol. The zero-order chi connectivity index (χ0) is 23.6. The summed E-state index contributed by atoms with van der Waals surface area (Å²) in [5.74, 6) is 0.00837. The maximum absolute atomic E-state index is 13.4. The Hall–Kier alpha value is -2.19. The molecule has 1 aromatic heterocycles. The van der Waals surface area contributed by atoms with Crippen LogP contribution in [0.5, 0.6) is 0 Å². The topological polar surface area (TPSA) is 81.5 Å². The summed E-state index contributed by atoms with van der Waals surface area (Å²) in [5, 5.41) is 0.0656. The standard InChI is InChI=1S/C25H35N3O4S/c1-25(2,3)14-23(29)27(20-11-12-20)16-21-15-26-24(28(21)17-22-10-7-13-32-22)33(30,31)18-19-8-5-4-6-9-19/h4-6,8-9,15,20,22H,7,10-14,16-18H2,1-3H3. The van der Waals surface area contributed by atoms with Crippen molar-refractivity contribution >= 4 is 15.7 Å². The second-order valence-corrected chi connectivity index (χ2v) is 12.4. The first-order chi connectivity index (χ1) is 15.6. The molecule has 0 spiro atoms. The van der Waals surface area contributed by atoms with Crippen molar-refractivity contribution in [3.63, 3.8) is 0 Å². The van der Waals surface area contributed by atoms with Crippen LogP contribution in [0, 0.1) is 5.41 Å². The average molecular weight is 474 g/mol. The van der Waals surface area contributed by atoms with Crippen molar-refractivity contribution in [1.29, 1.82) is 0 Å². The lowest BCUT2D eigenvalue weighted by Crippen LogP contribution is -2.36. The summed E-state index contributed by atoms with van der Waals surface area (Å²) >= 11 is 0. The van der Waals surface area contributed by atoms with Crippen molar-refractivity contribution in [2.75, 3.05) is 6.61 Å². The Kier molecular flexibility index (Phi) is 6.96. The first-order valence-electron chi connectivity index (χ1n) is 11.8. The molecule has 1 saturated carbocycles. The van der Waals surface area contributed by atoms with E-state index in [0.717, 1.165) is 36.9 Å². The maximum atomic E-state index is 13.4. The van der Waals surface area contributed by atoms with Gasteiger partial charge in [0.1, 0.15) is 0 Å². The van der Waals surface area contributed by atoms with Gasteiger partial charge in [0.15, 0.2) is 0 Å². The van der Waals surface area contributed by atoms with Crippen molar-refractivity contribution < 1.29 is 17.9 Å². The first-order valence-corrected chi connectivity index (χ1v) is 13.5. The highest BCUT2D eigenvalue weighted by atomic mass is 32.2. The molecule has 2 aliphatic rings. The van der Waals surface area contributed by atoms with E-state index in [2.05, 4.69) is 25.8 Å². The number of carbonyl (C=O) groups is 1. The van der Waals surface area contributed by atoms with E-state index >= 15 is 0 Å². The minimum atomic E-state index is -3.66. The smallest absolute Gasteiger partial charge is 0.228 e. The van der Waals surface area contributed by atoms with Crippen LogP contribution < -0.4 is 0 Å². The molecule has 1 unspecified atom stereocenters. The maximum Gasteiger partial charge on any atom is 0.228 e. The average Bonchev–Trinajstić information content (AvgIpc) is 3.27. The summed E-state index contributed by atoms with van der Waals surface area (Å²) in [6.45, 7) is 7.69. The Morgan fingerprint density at radius 1 is 1.18 bits per heavy atom. The molecule has 2 aromatic rings. The molecule has 180 valence electrons. The monoisotopic (exact) mass is 473 g/mol. The molecular weight excluding hydrogens is 438 g/mol. The van der Waals surface area contributed by atoms with Gasteiger partial charge >= 0.3 is 0 Å². The summed E-state index contributed by atoms with van der Waals surface area (Å²) in [5.41, 5.74) is 1.38. The van der Waals surface area contributed by atoms with Gasteiger partial charge < -0.3 is 14.2 Å². The number of hydrogen-bond donors (Lipinski definition) is 0. The molecule has 1 aliphatic heterocycles. The van der Waals surface area contributed by atoms with Gasteiger partial charge in [0.25, 0.3) is 0 Å². The molecule has 8 heteroatoms. The molecule has 2 heterocycles. The van der Waals surface area contributed by atoms with Gasteiger partial charge in [-0.3, -0.25) is 4.79 Å². The lowest BCUT2D eigenvalue weighted by molar-refractivity contribution is -0.134. The number of rotatable bonds is 9. The summed E-state index contributed by atoms with van der Waals surface area (Å²) in [6, 6.07) is 9.40. The molecule has 4 rings (SSSR count). The van der Waals surface area contributed by atoms with Crippen LogP contribution in [0.3, 0.4) is 0 Å².